The molecule has 0 atom stereocenters. The van der Waals surface area contributed by atoms with Crippen LogP contribution >= 0.6 is 0 Å². The average Bonchev–Trinajstić information content (AvgIpc) is 2.80. The number of anilines is 1. The van der Waals surface area contributed by atoms with Gasteiger partial charge in [-0.3, -0.25) is 19.7 Å². The molecule has 2 aromatic rings. The molecule has 1 aliphatic heterocycles. The van der Waals surface area contributed by atoms with Crippen molar-refractivity contribution in [2.24, 2.45) is 0 Å². The molecular formula is C24H27N3O7. The molecule has 0 saturated carbocycles. The lowest BCUT2D eigenvalue weighted by Gasteiger charge is -2.19. The lowest BCUT2D eigenvalue weighted by Crippen LogP contribution is -2.38. The minimum atomic E-state index is -0.826. The zero-order chi connectivity index (χ0) is 24.7. The number of esters is 1. The van der Waals surface area contributed by atoms with Gasteiger partial charge in [-0.1, -0.05) is 32.9 Å². The molecule has 0 saturated heterocycles. The van der Waals surface area contributed by atoms with Crippen LogP contribution in [0.4, 0.5) is 10.5 Å². The smallest absolute Gasteiger partial charge is 0.325 e. The van der Waals surface area contributed by atoms with Crippen LogP contribution in [-0.4, -0.2) is 50.2 Å². The Labute approximate surface area is 196 Å². The van der Waals surface area contributed by atoms with Crippen molar-refractivity contribution in [1.29, 1.82) is 0 Å². The molecule has 0 radical (unpaired) electrons. The molecule has 1 aliphatic rings. The van der Waals surface area contributed by atoms with Gasteiger partial charge in [-0.15, -0.1) is 0 Å². The van der Waals surface area contributed by atoms with Gasteiger partial charge in [-0.2, -0.15) is 0 Å². The van der Waals surface area contributed by atoms with Crippen molar-refractivity contribution in [1.82, 2.24) is 10.6 Å². The zero-order valence-electron chi connectivity index (χ0n) is 19.2. The van der Waals surface area contributed by atoms with E-state index in [4.69, 9.17) is 14.2 Å². The van der Waals surface area contributed by atoms with Gasteiger partial charge in [0.2, 0.25) is 0 Å². The monoisotopic (exact) mass is 469 g/mol. The molecule has 10 nitrogen and oxygen atoms in total. The number of carbonyl (C=O) groups excluding carboxylic acids is 4. The van der Waals surface area contributed by atoms with Crippen LogP contribution in [0.3, 0.4) is 0 Å². The Balaban J connectivity index is 1.37. The number of imide groups is 1. The largest absolute Gasteiger partial charge is 0.486 e. The highest BCUT2D eigenvalue weighted by molar-refractivity contribution is 6.02. The summed E-state index contributed by atoms with van der Waals surface area (Å²) in [6, 6.07) is 11.1. The molecule has 1 heterocycles. The highest BCUT2D eigenvalue weighted by atomic mass is 16.6. The number of rotatable bonds is 6. The summed E-state index contributed by atoms with van der Waals surface area (Å²) in [5, 5.41) is 6.96. The van der Waals surface area contributed by atoms with E-state index in [1.54, 1.807) is 30.3 Å². The van der Waals surface area contributed by atoms with Gasteiger partial charge in [-0.05, 0) is 35.2 Å². The Morgan fingerprint density at radius 1 is 0.941 bits per heavy atom. The maximum absolute atomic E-state index is 12.2. The summed E-state index contributed by atoms with van der Waals surface area (Å²) in [5.41, 5.74) is 1.83. The van der Waals surface area contributed by atoms with Crippen LogP contribution in [0.1, 0.15) is 36.7 Å². The number of urea groups is 1. The third-order valence-electron chi connectivity index (χ3n) is 4.82. The topological polar surface area (TPSA) is 132 Å². The number of amides is 4. The van der Waals surface area contributed by atoms with Crippen LogP contribution in [0.25, 0.3) is 0 Å². The second-order valence-electron chi connectivity index (χ2n) is 8.53. The summed E-state index contributed by atoms with van der Waals surface area (Å²) in [5.74, 6) is -1.04. The molecule has 4 amide bonds. The summed E-state index contributed by atoms with van der Waals surface area (Å²) < 4.78 is 15.6. The molecule has 0 aromatic heterocycles. The third kappa shape index (κ3) is 6.96. The lowest BCUT2D eigenvalue weighted by molar-refractivity contribution is -0.147. The molecule has 0 bridgehead atoms. The van der Waals surface area contributed by atoms with Crippen molar-refractivity contribution in [2.75, 3.05) is 31.7 Å². The Bertz CT molecular complexity index is 1070. The average molecular weight is 469 g/mol. The van der Waals surface area contributed by atoms with E-state index in [2.05, 4.69) is 31.4 Å². The second-order valence-corrected chi connectivity index (χ2v) is 8.53. The maximum Gasteiger partial charge on any atom is 0.325 e. The van der Waals surface area contributed by atoms with Gasteiger partial charge in [0.05, 0.1) is 0 Å². The van der Waals surface area contributed by atoms with Crippen molar-refractivity contribution >= 4 is 29.5 Å². The van der Waals surface area contributed by atoms with Gasteiger partial charge in [0.25, 0.3) is 11.8 Å². The van der Waals surface area contributed by atoms with Crippen LogP contribution in [0, 0.1) is 0 Å². The molecule has 34 heavy (non-hydrogen) atoms. The highest BCUT2D eigenvalue weighted by Crippen LogP contribution is 2.32. The first-order chi connectivity index (χ1) is 16.1. The molecular weight excluding hydrogens is 442 g/mol. The van der Waals surface area contributed by atoms with Gasteiger partial charge in [-0.25, -0.2) is 4.79 Å². The van der Waals surface area contributed by atoms with E-state index >= 15 is 0 Å². The van der Waals surface area contributed by atoms with Crippen LogP contribution in [-0.2, 0) is 19.7 Å². The molecule has 3 N–H and O–H groups in total. The predicted octanol–water partition coefficient (Wildman–Crippen LogP) is 2.38. The summed E-state index contributed by atoms with van der Waals surface area (Å²) in [7, 11) is 0. The Morgan fingerprint density at radius 3 is 2.29 bits per heavy atom. The van der Waals surface area contributed by atoms with Crippen molar-refractivity contribution in [3.63, 3.8) is 0 Å². The fraction of sp³-hybridized carbons (Fsp3) is 0.333. The maximum atomic E-state index is 12.2. The molecule has 2 aromatic carbocycles. The number of ether oxygens (including phenoxy) is 3. The first kappa shape index (κ1) is 24.6. The Morgan fingerprint density at radius 2 is 1.62 bits per heavy atom. The van der Waals surface area contributed by atoms with E-state index in [9.17, 15) is 19.2 Å². The molecule has 180 valence electrons. The van der Waals surface area contributed by atoms with Crippen molar-refractivity contribution in [2.45, 2.75) is 26.2 Å². The fourth-order valence-electron chi connectivity index (χ4n) is 3.02. The van der Waals surface area contributed by atoms with Crippen LogP contribution in [0.5, 0.6) is 11.5 Å². The van der Waals surface area contributed by atoms with E-state index in [1.807, 2.05) is 17.4 Å². The number of benzene rings is 2. The van der Waals surface area contributed by atoms with E-state index in [0.717, 1.165) is 5.56 Å². The number of nitrogens with one attached hydrogen (secondary N) is 3. The number of hydrogen-bond acceptors (Lipinski definition) is 7. The van der Waals surface area contributed by atoms with Gasteiger partial charge < -0.3 is 24.8 Å². The second kappa shape index (κ2) is 10.7. The van der Waals surface area contributed by atoms with Gasteiger partial charge in [0, 0.05) is 17.3 Å². The SMILES string of the molecule is CC(C)(C)c1ccc(C(=O)NCC(=O)OCC(=O)NC(=O)Nc2ccc3c(c2)OCCO3)cc1. The molecule has 0 fully saturated rings. The van der Waals surface area contributed by atoms with E-state index in [1.165, 1.54) is 0 Å². The predicted molar refractivity (Wildman–Crippen MR) is 123 cm³/mol. The van der Waals surface area contributed by atoms with Gasteiger partial charge in [0.15, 0.2) is 18.1 Å². The quantitative estimate of drug-likeness (QED) is 0.554. The Hall–Kier alpha value is -4.08. The van der Waals surface area contributed by atoms with E-state index in [0.29, 0.717) is 36.0 Å². The number of carbonyl (C=O) groups is 4. The van der Waals surface area contributed by atoms with Crippen molar-refractivity contribution in [3.05, 3.63) is 53.6 Å². The van der Waals surface area contributed by atoms with Crippen molar-refractivity contribution in [3.8, 4) is 11.5 Å². The fourth-order valence-corrected chi connectivity index (χ4v) is 3.02. The molecule has 0 aliphatic carbocycles. The molecule has 0 spiro atoms. The molecule has 0 unspecified atom stereocenters. The van der Waals surface area contributed by atoms with Gasteiger partial charge in [0.1, 0.15) is 19.8 Å². The van der Waals surface area contributed by atoms with Crippen molar-refractivity contribution < 1.29 is 33.4 Å². The summed E-state index contributed by atoms with van der Waals surface area (Å²) >= 11 is 0. The standard InChI is InChI=1S/C24H27N3O7/c1-24(2,3)16-6-4-15(5-7-16)22(30)25-13-21(29)34-14-20(28)27-23(31)26-17-8-9-18-19(12-17)33-11-10-32-18/h4-9,12H,10-11,13-14H2,1-3H3,(H,25,30)(H2,26,27,28,31). The minimum Gasteiger partial charge on any atom is -0.486 e. The van der Waals surface area contributed by atoms with Crippen LogP contribution < -0.4 is 25.4 Å². The third-order valence-corrected chi connectivity index (χ3v) is 4.82. The van der Waals surface area contributed by atoms with Crippen LogP contribution in [0.2, 0.25) is 0 Å². The van der Waals surface area contributed by atoms with E-state index in [-0.39, 0.29) is 5.41 Å². The molecule has 3 rings (SSSR count). The highest BCUT2D eigenvalue weighted by Gasteiger charge is 2.17. The van der Waals surface area contributed by atoms with Crippen LogP contribution in [0.15, 0.2) is 42.5 Å². The zero-order valence-corrected chi connectivity index (χ0v) is 19.2. The minimum absolute atomic E-state index is 0.0415. The Kier molecular flexibility index (Phi) is 7.72. The number of fused-ring (bicyclic) bond motifs is 1. The first-order valence-electron chi connectivity index (χ1n) is 10.7. The number of hydrogen-bond donors (Lipinski definition) is 3. The normalized spacial score (nSPS) is 12.3. The summed E-state index contributed by atoms with van der Waals surface area (Å²) in [6.45, 7) is 5.95. The first-order valence-corrected chi connectivity index (χ1v) is 10.7. The molecule has 10 heteroatoms. The van der Waals surface area contributed by atoms with E-state index < -0.39 is 37.0 Å². The van der Waals surface area contributed by atoms with Gasteiger partial charge >= 0.3 is 12.0 Å². The summed E-state index contributed by atoms with van der Waals surface area (Å²) in [6.07, 6.45) is 0. The lowest BCUT2D eigenvalue weighted by atomic mass is 9.87. The summed E-state index contributed by atoms with van der Waals surface area (Å²) in [4.78, 5) is 47.9.